The minimum atomic E-state index is 0.119. The number of Topliss-reactive ketones (excluding diaryl/α,β-unsaturated/α-hetero) is 1. The molecular formula is C17H13ClOS. The van der Waals surface area contributed by atoms with E-state index in [1.807, 2.05) is 54.8 Å². The third-order valence-electron chi connectivity index (χ3n) is 3.34. The second-order valence-corrected chi connectivity index (χ2v) is 6.16. The van der Waals surface area contributed by atoms with Crippen LogP contribution in [0.25, 0.3) is 10.1 Å². The third kappa shape index (κ3) is 2.49. The number of aryl methyl sites for hydroxylation is 1. The number of carbonyl (C=O) groups is 1. The summed E-state index contributed by atoms with van der Waals surface area (Å²) >= 11 is 7.81. The van der Waals surface area contributed by atoms with Crippen molar-refractivity contribution in [3.05, 3.63) is 69.6 Å². The van der Waals surface area contributed by atoms with E-state index in [0.29, 0.717) is 11.4 Å². The van der Waals surface area contributed by atoms with Gasteiger partial charge < -0.3 is 0 Å². The average Bonchev–Trinajstić information content (AvgIpc) is 2.86. The Balaban J connectivity index is 1.93. The van der Waals surface area contributed by atoms with Gasteiger partial charge in [0.25, 0.3) is 0 Å². The molecule has 0 spiro atoms. The molecule has 0 unspecified atom stereocenters. The first-order valence-electron chi connectivity index (χ1n) is 6.39. The number of thiophene rings is 1. The van der Waals surface area contributed by atoms with Gasteiger partial charge in [-0.25, -0.2) is 0 Å². The van der Waals surface area contributed by atoms with Crippen molar-refractivity contribution in [2.75, 3.05) is 0 Å². The van der Waals surface area contributed by atoms with Gasteiger partial charge in [-0.3, -0.25) is 4.79 Å². The zero-order valence-corrected chi connectivity index (χ0v) is 12.6. The summed E-state index contributed by atoms with van der Waals surface area (Å²) in [5.74, 6) is 0.119. The topological polar surface area (TPSA) is 17.1 Å². The molecule has 3 aromatic rings. The molecule has 0 amide bonds. The predicted molar refractivity (Wildman–Crippen MR) is 86.0 cm³/mol. The lowest BCUT2D eigenvalue weighted by Gasteiger charge is -2.04. The molecule has 0 bridgehead atoms. The maximum absolute atomic E-state index is 12.5. The van der Waals surface area contributed by atoms with E-state index in [4.69, 9.17) is 11.6 Å². The van der Waals surface area contributed by atoms with Gasteiger partial charge in [0.05, 0.1) is 0 Å². The molecule has 0 saturated heterocycles. The lowest BCUT2D eigenvalue weighted by molar-refractivity contribution is 0.0995. The van der Waals surface area contributed by atoms with Gasteiger partial charge in [0.2, 0.25) is 0 Å². The van der Waals surface area contributed by atoms with Gasteiger partial charge in [0.15, 0.2) is 5.78 Å². The molecule has 100 valence electrons. The Labute approximate surface area is 126 Å². The van der Waals surface area contributed by atoms with Crippen LogP contribution in [-0.2, 0) is 6.42 Å². The first-order valence-corrected chi connectivity index (χ1v) is 7.65. The Kier molecular flexibility index (Phi) is 3.60. The summed E-state index contributed by atoms with van der Waals surface area (Å²) in [5.41, 5.74) is 2.78. The molecule has 3 heteroatoms. The molecule has 3 rings (SSSR count). The highest BCUT2D eigenvalue weighted by Gasteiger charge is 2.14. The van der Waals surface area contributed by atoms with E-state index in [1.54, 1.807) is 11.3 Å². The summed E-state index contributed by atoms with van der Waals surface area (Å²) in [4.78, 5) is 12.5. The third-order valence-corrected chi connectivity index (χ3v) is 4.66. The van der Waals surface area contributed by atoms with Crippen LogP contribution in [0.5, 0.6) is 0 Å². The molecule has 2 aromatic carbocycles. The zero-order chi connectivity index (χ0) is 14.1. The molecule has 1 aromatic heterocycles. The number of rotatable bonds is 3. The van der Waals surface area contributed by atoms with Crippen LogP contribution < -0.4 is 0 Å². The number of fused-ring (bicyclic) bond motifs is 1. The minimum Gasteiger partial charge on any atom is -0.294 e. The SMILES string of the molecule is Cc1ccc(CC(=O)c2csc3ccccc23)c(Cl)c1. The van der Waals surface area contributed by atoms with Crippen molar-refractivity contribution in [3.8, 4) is 0 Å². The van der Waals surface area contributed by atoms with Crippen molar-refractivity contribution in [1.29, 1.82) is 0 Å². The maximum Gasteiger partial charge on any atom is 0.168 e. The van der Waals surface area contributed by atoms with E-state index in [-0.39, 0.29) is 5.78 Å². The van der Waals surface area contributed by atoms with Crippen LogP contribution in [0.15, 0.2) is 47.8 Å². The van der Waals surface area contributed by atoms with E-state index in [0.717, 1.165) is 26.8 Å². The summed E-state index contributed by atoms with van der Waals surface area (Å²) < 4.78 is 1.14. The van der Waals surface area contributed by atoms with Gasteiger partial charge in [-0.2, -0.15) is 0 Å². The van der Waals surface area contributed by atoms with Crippen LogP contribution in [0, 0.1) is 6.92 Å². The van der Waals surface area contributed by atoms with E-state index in [1.165, 1.54) is 0 Å². The quantitative estimate of drug-likeness (QED) is 0.601. The fourth-order valence-corrected chi connectivity index (χ4v) is 3.52. The Morgan fingerprint density at radius 2 is 2.00 bits per heavy atom. The number of hydrogen-bond donors (Lipinski definition) is 0. The number of benzene rings is 2. The molecule has 1 heterocycles. The van der Waals surface area contributed by atoms with Crippen molar-refractivity contribution in [3.63, 3.8) is 0 Å². The summed E-state index contributed by atoms with van der Waals surface area (Å²) in [6, 6.07) is 13.8. The lowest BCUT2D eigenvalue weighted by atomic mass is 10.0. The molecule has 1 nitrogen and oxygen atoms in total. The standard InChI is InChI=1S/C17H13ClOS/c1-11-6-7-12(15(18)8-11)9-16(19)14-10-20-17-5-3-2-4-13(14)17/h2-8,10H,9H2,1H3. The maximum atomic E-state index is 12.5. The number of hydrogen-bond acceptors (Lipinski definition) is 2. The molecule has 20 heavy (non-hydrogen) atoms. The first-order chi connectivity index (χ1) is 9.65. The highest BCUT2D eigenvalue weighted by atomic mass is 35.5. The van der Waals surface area contributed by atoms with Crippen molar-refractivity contribution < 1.29 is 4.79 Å². The van der Waals surface area contributed by atoms with Crippen molar-refractivity contribution >= 4 is 38.8 Å². The Morgan fingerprint density at radius 1 is 1.20 bits per heavy atom. The Hall–Kier alpha value is -1.64. The van der Waals surface area contributed by atoms with Crippen LogP contribution in [0.4, 0.5) is 0 Å². The van der Waals surface area contributed by atoms with E-state index in [9.17, 15) is 4.79 Å². The predicted octanol–water partition coefficient (Wildman–Crippen LogP) is 5.29. The molecule has 0 radical (unpaired) electrons. The Morgan fingerprint density at radius 3 is 2.80 bits per heavy atom. The van der Waals surface area contributed by atoms with Crippen molar-refractivity contribution in [2.45, 2.75) is 13.3 Å². The smallest absolute Gasteiger partial charge is 0.168 e. The zero-order valence-electron chi connectivity index (χ0n) is 11.0. The minimum absolute atomic E-state index is 0.119. The van der Waals surface area contributed by atoms with Gasteiger partial charge in [-0.15, -0.1) is 11.3 Å². The second kappa shape index (κ2) is 5.39. The van der Waals surface area contributed by atoms with Gasteiger partial charge in [0.1, 0.15) is 0 Å². The first kappa shape index (κ1) is 13.3. The lowest BCUT2D eigenvalue weighted by Crippen LogP contribution is -2.03. The summed E-state index contributed by atoms with van der Waals surface area (Å²) in [7, 11) is 0. The summed E-state index contributed by atoms with van der Waals surface area (Å²) in [6.45, 7) is 1.99. The van der Waals surface area contributed by atoms with Gasteiger partial charge in [-0.1, -0.05) is 41.9 Å². The van der Waals surface area contributed by atoms with Crippen LogP contribution >= 0.6 is 22.9 Å². The Bertz CT molecular complexity index is 789. The van der Waals surface area contributed by atoms with Gasteiger partial charge >= 0.3 is 0 Å². The van der Waals surface area contributed by atoms with Crippen molar-refractivity contribution in [2.24, 2.45) is 0 Å². The fourth-order valence-electron chi connectivity index (χ4n) is 2.26. The van der Waals surface area contributed by atoms with E-state index in [2.05, 4.69) is 0 Å². The molecule has 0 N–H and O–H groups in total. The van der Waals surface area contributed by atoms with Crippen LogP contribution in [0.2, 0.25) is 5.02 Å². The van der Waals surface area contributed by atoms with Crippen LogP contribution in [-0.4, -0.2) is 5.78 Å². The van der Waals surface area contributed by atoms with Gasteiger partial charge in [-0.05, 0) is 30.2 Å². The molecule has 0 fully saturated rings. The summed E-state index contributed by atoms with van der Waals surface area (Å²) in [6.07, 6.45) is 0.347. The van der Waals surface area contributed by atoms with E-state index >= 15 is 0 Å². The van der Waals surface area contributed by atoms with E-state index < -0.39 is 0 Å². The second-order valence-electron chi connectivity index (χ2n) is 4.84. The number of ketones is 1. The van der Waals surface area contributed by atoms with Gasteiger partial charge in [0, 0.05) is 32.5 Å². The van der Waals surface area contributed by atoms with Crippen LogP contribution in [0.3, 0.4) is 0 Å². The normalized spacial score (nSPS) is 10.9. The highest BCUT2D eigenvalue weighted by molar-refractivity contribution is 7.17. The van der Waals surface area contributed by atoms with Crippen molar-refractivity contribution in [1.82, 2.24) is 0 Å². The number of carbonyl (C=O) groups excluding carboxylic acids is 1. The molecule has 0 aliphatic rings. The molecular weight excluding hydrogens is 288 g/mol. The summed E-state index contributed by atoms with van der Waals surface area (Å²) in [5, 5.41) is 3.64. The molecule has 0 aliphatic carbocycles. The van der Waals surface area contributed by atoms with Crippen LogP contribution in [0.1, 0.15) is 21.5 Å². The highest BCUT2D eigenvalue weighted by Crippen LogP contribution is 2.27. The largest absolute Gasteiger partial charge is 0.294 e. The average molecular weight is 301 g/mol. The fraction of sp³-hybridized carbons (Fsp3) is 0.118. The molecule has 0 atom stereocenters. The monoisotopic (exact) mass is 300 g/mol. The number of halogens is 1. The molecule has 0 saturated carbocycles. The molecule has 0 aliphatic heterocycles.